The molecule has 0 fully saturated rings. The van der Waals surface area contributed by atoms with Crippen LogP contribution in [0.1, 0.15) is 77.8 Å². The molecular formula is C26H36. The Hall–Kier alpha value is -1.82. The summed E-state index contributed by atoms with van der Waals surface area (Å²) in [5, 5.41) is 0. The van der Waals surface area contributed by atoms with Gasteiger partial charge in [-0.05, 0) is 54.2 Å². The number of rotatable bonds is 7. The molecule has 0 aliphatic heterocycles. The van der Waals surface area contributed by atoms with Crippen LogP contribution in [0.15, 0.2) is 66.3 Å². The topological polar surface area (TPSA) is 0 Å². The van der Waals surface area contributed by atoms with Gasteiger partial charge in [0, 0.05) is 5.92 Å². The van der Waals surface area contributed by atoms with Crippen LogP contribution in [0, 0.1) is 11.3 Å². The fraction of sp³-hybridized carbons (Fsp3) is 0.462. The summed E-state index contributed by atoms with van der Waals surface area (Å²) in [4.78, 5) is 0. The molecule has 140 valence electrons. The summed E-state index contributed by atoms with van der Waals surface area (Å²) >= 11 is 0. The van der Waals surface area contributed by atoms with Crippen molar-refractivity contribution in [1.82, 2.24) is 0 Å². The highest BCUT2D eigenvalue weighted by Gasteiger charge is 2.25. The van der Waals surface area contributed by atoms with Gasteiger partial charge in [-0.15, -0.1) is 0 Å². The van der Waals surface area contributed by atoms with Crippen molar-refractivity contribution < 1.29 is 0 Å². The Balaban J connectivity index is 2.15. The zero-order valence-electron chi connectivity index (χ0n) is 17.7. The van der Waals surface area contributed by atoms with Gasteiger partial charge in [-0.3, -0.25) is 0 Å². The van der Waals surface area contributed by atoms with Crippen molar-refractivity contribution in [2.45, 2.75) is 66.7 Å². The van der Waals surface area contributed by atoms with E-state index in [0.29, 0.717) is 17.3 Å². The molecule has 26 heavy (non-hydrogen) atoms. The first-order chi connectivity index (χ1) is 12.1. The van der Waals surface area contributed by atoms with Crippen LogP contribution in [0.3, 0.4) is 0 Å². The van der Waals surface area contributed by atoms with E-state index >= 15 is 0 Å². The third-order valence-electron chi connectivity index (χ3n) is 5.23. The third kappa shape index (κ3) is 5.34. The van der Waals surface area contributed by atoms with Crippen LogP contribution in [-0.2, 0) is 0 Å². The fourth-order valence-corrected chi connectivity index (χ4v) is 4.00. The van der Waals surface area contributed by atoms with Crippen LogP contribution in [-0.4, -0.2) is 0 Å². The molecule has 0 heterocycles. The largest absolute Gasteiger partial charge is 0.0998 e. The van der Waals surface area contributed by atoms with E-state index in [1.165, 1.54) is 33.4 Å². The molecule has 0 nitrogen and oxygen atoms in total. The molecule has 0 spiro atoms. The molecule has 1 aliphatic carbocycles. The number of hydrogen-bond donors (Lipinski definition) is 0. The molecule has 1 aromatic carbocycles. The standard InChI is InChI=1S/C26H36/c1-9-20(4)22-10-12-23(13-11-22)25-16-18(2)15-24(25)21(5)14-19(3)17-26(6,7)8/h10-13,15-16,21,25H,3-4,9,14,17H2,1-2,5-8H3. The van der Waals surface area contributed by atoms with Gasteiger partial charge in [0.1, 0.15) is 0 Å². The van der Waals surface area contributed by atoms with Gasteiger partial charge in [-0.2, -0.15) is 0 Å². The Morgan fingerprint density at radius 3 is 2.27 bits per heavy atom. The van der Waals surface area contributed by atoms with Gasteiger partial charge in [0.05, 0.1) is 0 Å². The molecule has 0 saturated heterocycles. The average molecular weight is 349 g/mol. The first-order valence-electron chi connectivity index (χ1n) is 9.95. The minimum absolute atomic E-state index is 0.311. The van der Waals surface area contributed by atoms with Crippen LogP contribution in [0.2, 0.25) is 0 Å². The zero-order chi connectivity index (χ0) is 19.5. The summed E-state index contributed by atoms with van der Waals surface area (Å²) in [6, 6.07) is 9.01. The van der Waals surface area contributed by atoms with Gasteiger partial charge in [0.25, 0.3) is 0 Å². The second-order valence-electron chi connectivity index (χ2n) is 9.20. The van der Waals surface area contributed by atoms with Gasteiger partial charge in [-0.1, -0.05) is 101 Å². The molecule has 2 atom stereocenters. The van der Waals surface area contributed by atoms with Gasteiger partial charge in [0.15, 0.2) is 0 Å². The summed E-state index contributed by atoms with van der Waals surface area (Å²) in [6.45, 7) is 22.1. The summed E-state index contributed by atoms with van der Waals surface area (Å²) in [7, 11) is 0. The predicted octanol–water partition coefficient (Wildman–Crippen LogP) is 8.10. The fourth-order valence-electron chi connectivity index (χ4n) is 4.00. The van der Waals surface area contributed by atoms with Gasteiger partial charge in [0.2, 0.25) is 0 Å². The monoisotopic (exact) mass is 348 g/mol. The third-order valence-corrected chi connectivity index (χ3v) is 5.23. The Kier molecular flexibility index (Phi) is 6.50. The summed E-state index contributed by atoms with van der Waals surface area (Å²) in [5.41, 5.74) is 8.42. The quantitative estimate of drug-likeness (QED) is 0.437. The molecule has 0 aromatic heterocycles. The lowest BCUT2D eigenvalue weighted by molar-refractivity contribution is 0.399. The maximum Gasteiger partial charge on any atom is 0.0239 e. The Labute approximate surface area is 161 Å². The lowest BCUT2D eigenvalue weighted by Gasteiger charge is -2.25. The van der Waals surface area contributed by atoms with Crippen molar-refractivity contribution in [2.24, 2.45) is 11.3 Å². The van der Waals surface area contributed by atoms with Crippen molar-refractivity contribution >= 4 is 5.57 Å². The number of allylic oxidation sites excluding steroid dienone is 6. The van der Waals surface area contributed by atoms with Crippen molar-refractivity contribution in [3.05, 3.63) is 77.4 Å². The normalized spacial score (nSPS) is 18.3. The molecule has 0 bridgehead atoms. The van der Waals surface area contributed by atoms with Crippen LogP contribution in [0.4, 0.5) is 0 Å². The Bertz CT molecular complexity index is 716. The van der Waals surface area contributed by atoms with E-state index in [1.807, 2.05) is 0 Å². The molecule has 1 aliphatic rings. The molecular weight excluding hydrogens is 312 g/mol. The second-order valence-corrected chi connectivity index (χ2v) is 9.20. The van der Waals surface area contributed by atoms with Crippen molar-refractivity contribution in [3.8, 4) is 0 Å². The maximum absolute atomic E-state index is 4.35. The van der Waals surface area contributed by atoms with Gasteiger partial charge in [-0.25, -0.2) is 0 Å². The second kappa shape index (κ2) is 8.25. The maximum atomic E-state index is 4.35. The van der Waals surface area contributed by atoms with E-state index in [-0.39, 0.29) is 0 Å². The molecule has 2 rings (SSSR count). The first-order valence-corrected chi connectivity index (χ1v) is 9.95. The minimum atomic E-state index is 0.311. The average Bonchev–Trinajstić information content (AvgIpc) is 2.94. The molecule has 0 heteroatoms. The van der Waals surface area contributed by atoms with Crippen molar-refractivity contribution in [1.29, 1.82) is 0 Å². The van der Waals surface area contributed by atoms with Crippen molar-refractivity contribution in [3.63, 3.8) is 0 Å². The Morgan fingerprint density at radius 1 is 1.12 bits per heavy atom. The Morgan fingerprint density at radius 2 is 1.73 bits per heavy atom. The van der Waals surface area contributed by atoms with Gasteiger partial charge < -0.3 is 0 Å². The first kappa shape index (κ1) is 20.5. The van der Waals surface area contributed by atoms with E-state index in [4.69, 9.17) is 0 Å². The van der Waals surface area contributed by atoms with E-state index in [2.05, 4.69) is 91.1 Å². The van der Waals surface area contributed by atoms with Crippen LogP contribution in [0.25, 0.3) is 5.57 Å². The number of benzene rings is 1. The molecule has 1 aromatic rings. The zero-order valence-corrected chi connectivity index (χ0v) is 17.7. The molecule has 0 N–H and O–H groups in total. The highest BCUT2D eigenvalue weighted by molar-refractivity contribution is 5.63. The van der Waals surface area contributed by atoms with Crippen LogP contribution >= 0.6 is 0 Å². The summed E-state index contributed by atoms with van der Waals surface area (Å²) in [6.07, 6.45) is 7.96. The molecule has 0 radical (unpaired) electrons. The summed E-state index contributed by atoms with van der Waals surface area (Å²) < 4.78 is 0. The predicted molar refractivity (Wildman–Crippen MR) is 117 cm³/mol. The van der Waals surface area contributed by atoms with E-state index < -0.39 is 0 Å². The highest BCUT2D eigenvalue weighted by Crippen LogP contribution is 2.40. The molecule has 0 saturated carbocycles. The SMILES string of the molecule is C=C(CC(C)C1=CC(C)=CC1c1ccc(C(=C)CC)cc1)CC(C)(C)C. The van der Waals surface area contributed by atoms with E-state index in [1.54, 1.807) is 0 Å². The minimum Gasteiger partial charge on any atom is -0.0998 e. The molecule has 0 amide bonds. The van der Waals surface area contributed by atoms with Crippen LogP contribution < -0.4 is 0 Å². The lowest BCUT2D eigenvalue weighted by atomic mass is 9.80. The van der Waals surface area contributed by atoms with E-state index in [0.717, 1.165) is 19.3 Å². The van der Waals surface area contributed by atoms with Crippen LogP contribution in [0.5, 0.6) is 0 Å². The smallest absolute Gasteiger partial charge is 0.0239 e. The van der Waals surface area contributed by atoms with Crippen molar-refractivity contribution in [2.75, 3.05) is 0 Å². The van der Waals surface area contributed by atoms with Gasteiger partial charge >= 0.3 is 0 Å². The molecule has 2 unspecified atom stereocenters. The lowest BCUT2D eigenvalue weighted by Crippen LogP contribution is -2.11. The van der Waals surface area contributed by atoms with E-state index in [9.17, 15) is 0 Å². The highest BCUT2D eigenvalue weighted by atomic mass is 14.3. The number of hydrogen-bond acceptors (Lipinski definition) is 0. The summed E-state index contributed by atoms with van der Waals surface area (Å²) in [5.74, 6) is 0.921.